The van der Waals surface area contributed by atoms with E-state index < -0.39 is 10.8 Å². The Balaban J connectivity index is 0.00000225. The van der Waals surface area contributed by atoms with Crippen LogP contribution in [0.1, 0.15) is 16.8 Å². The molecule has 0 aromatic carbocycles. The van der Waals surface area contributed by atoms with E-state index in [9.17, 15) is 4.21 Å². The first-order chi connectivity index (χ1) is 11.5. The third-order valence-electron chi connectivity index (χ3n) is 3.74. The number of nitrogens with one attached hydrogen (secondary N) is 1. The minimum atomic E-state index is -1.37. The molecule has 3 heterocycles. The molecule has 9 heteroatoms. The number of fused-ring (bicyclic) bond motifs is 1. The molecule has 3 aromatic rings. The van der Waals surface area contributed by atoms with Crippen LogP contribution in [0.25, 0.3) is 11.2 Å². The zero-order chi connectivity index (χ0) is 17.3. The van der Waals surface area contributed by atoms with Gasteiger partial charge in [0.15, 0.2) is 10.8 Å². The standard InChI is InChI=1S/C16H18N4O3S.Na/c1-9-7-17-12(10(2)14(9)23-4)8-24(21)16-18-11-5-6-13(22-3)19-15(11)20-16;/h5-7H,8H2,1-4H3,(H,18,19,20);. The molecule has 0 saturated heterocycles. The van der Waals surface area contributed by atoms with E-state index in [1.807, 2.05) is 13.8 Å². The summed E-state index contributed by atoms with van der Waals surface area (Å²) in [5, 5.41) is 0.367. The summed E-state index contributed by atoms with van der Waals surface area (Å²) in [6.45, 7) is 3.84. The molecular formula is C16H18N4NaO3S. The number of aryl methyl sites for hydroxylation is 1. The Morgan fingerprint density at radius 3 is 2.60 bits per heavy atom. The summed E-state index contributed by atoms with van der Waals surface area (Å²) < 4.78 is 23.1. The van der Waals surface area contributed by atoms with Crippen molar-refractivity contribution in [1.29, 1.82) is 0 Å². The average Bonchev–Trinajstić information content (AvgIpc) is 3.01. The van der Waals surface area contributed by atoms with Gasteiger partial charge in [-0.15, -0.1) is 0 Å². The smallest absolute Gasteiger partial charge is 0.215 e. The van der Waals surface area contributed by atoms with Crippen LogP contribution < -0.4 is 9.47 Å². The van der Waals surface area contributed by atoms with Crippen molar-refractivity contribution in [3.8, 4) is 11.6 Å². The molecule has 0 amide bonds. The minimum absolute atomic E-state index is 0. The molecule has 0 aliphatic heterocycles. The van der Waals surface area contributed by atoms with Crippen LogP contribution in [-0.2, 0) is 16.6 Å². The predicted molar refractivity (Wildman–Crippen MR) is 96.6 cm³/mol. The van der Waals surface area contributed by atoms with Gasteiger partial charge in [0.2, 0.25) is 5.88 Å². The van der Waals surface area contributed by atoms with Crippen molar-refractivity contribution in [2.24, 2.45) is 0 Å². The largest absolute Gasteiger partial charge is 0.496 e. The molecule has 3 aromatic heterocycles. The van der Waals surface area contributed by atoms with Gasteiger partial charge in [-0.05, 0) is 19.9 Å². The van der Waals surface area contributed by atoms with Gasteiger partial charge in [0, 0.05) is 52.9 Å². The molecule has 25 heavy (non-hydrogen) atoms. The maximum absolute atomic E-state index is 12.7. The van der Waals surface area contributed by atoms with E-state index >= 15 is 0 Å². The fourth-order valence-corrected chi connectivity index (χ4v) is 3.57. The summed E-state index contributed by atoms with van der Waals surface area (Å²) in [7, 11) is 1.79. The Bertz CT molecular complexity index is 929. The Hall–Kier alpha value is -1.48. The van der Waals surface area contributed by atoms with Crippen LogP contribution in [0.5, 0.6) is 11.6 Å². The van der Waals surface area contributed by atoms with Gasteiger partial charge in [0.1, 0.15) is 5.75 Å². The second-order valence-electron chi connectivity index (χ2n) is 5.30. The number of rotatable bonds is 5. The van der Waals surface area contributed by atoms with Gasteiger partial charge in [0.25, 0.3) is 0 Å². The summed E-state index contributed by atoms with van der Waals surface area (Å²) in [5.41, 5.74) is 3.75. The molecule has 0 aliphatic carbocycles. The number of nitrogens with zero attached hydrogens (tertiary/aromatic N) is 3. The number of hydrogen-bond acceptors (Lipinski definition) is 6. The molecule has 0 aliphatic rings. The summed E-state index contributed by atoms with van der Waals surface area (Å²) in [4.78, 5) is 15.9. The van der Waals surface area contributed by atoms with Gasteiger partial charge in [0.05, 0.1) is 42.0 Å². The molecule has 7 nitrogen and oxygen atoms in total. The third-order valence-corrected chi connectivity index (χ3v) is 4.90. The Kier molecular flexibility index (Phi) is 6.56. The van der Waals surface area contributed by atoms with Crippen molar-refractivity contribution in [2.75, 3.05) is 14.2 Å². The van der Waals surface area contributed by atoms with Gasteiger partial charge < -0.3 is 14.5 Å². The number of pyridine rings is 2. The monoisotopic (exact) mass is 369 g/mol. The number of methoxy groups -OCH3 is 2. The topological polar surface area (TPSA) is 90.0 Å². The zero-order valence-electron chi connectivity index (χ0n) is 14.9. The van der Waals surface area contributed by atoms with E-state index in [4.69, 9.17) is 9.47 Å². The second-order valence-corrected chi connectivity index (χ2v) is 6.67. The quantitative estimate of drug-likeness (QED) is 0.691. The van der Waals surface area contributed by atoms with Crippen molar-refractivity contribution in [1.82, 2.24) is 19.9 Å². The first-order valence-corrected chi connectivity index (χ1v) is 8.63. The van der Waals surface area contributed by atoms with Crippen LogP contribution >= 0.6 is 0 Å². The van der Waals surface area contributed by atoms with Gasteiger partial charge in [-0.3, -0.25) is 9.19 Å². The summed E-state index contributed by atoms with van der Waals surface area (Å²) in [5.74, 6) is 1.49. The maximum atomic E-state index is 12.7. The number of aromatic amines is 1. The summed E-state index contributed by atoms with van der Waals surface area (Å²) in [6, 6.07) is 3.52. The Morgan fingerprint density at radius 1 is 1.16 bits per heavy atom. The predicted octanol–water partition coefficient (Wildman–Crippen LogP) is 1.91. The zero-order valence-corrected chi connectivity index (χ0v) is 17.7. The first kappa shape index (κ1) is 19.8. The third kappa shape index (κ3) is 4.03. The molecular weight excluding hydrogens is 351 g/mol. The van der Waals surface area contributed by atoms with Crippen LogP contribution in [0.3, 0.4) is 0 Å². The fraction of sp³-hybridized carbons (Fsp3) is 0.312. The molecule has 0 bridgehead atoms. The molecule has 1 unspecified atom stereocenters. The number of H-pyrrole nitrogens is 1. The van der Waals surface area contributed by atoms with Crippen LogP contribution in [0.15, 0.2) is 23.5 Å². The van der Waals surface area contributed by atoms with Crippen LogP contribution in [0, 0.1) is 13.8 Å². The van der Waals surface area contributed by atoms with E-state index in [-0.39, 0.29) is 35.3 Å². The maximum Gasteiger partial charge on any atom is 0.215 e. The van der Waals surface area contributed by atoms with Crippen molar-refractivity contribution in [2.45, 2.75) is 24.8 Å². The molecule has 0 spiro atoms. The average molecular weight is 369 g/mol. The van der Waals surface area contributed by atoms with Crippen LogP contribution in [0.4, 0.5) is 0 Å². The molecule has 1 radical (unpaired) electrons. The molecule has 1 atom stereocenters. The van der Waals surface area contributed by atoms with Crippen LogP contribution in [0.2, 0.25) is 0 Å². The van der Waals surface area contributed by atoms with Gasteiger partial charge in [-0.1, -0.05) is 0 Å². The SMILES string of the molecule is COc1ccc2[nH]c(S(=O)Cc3ncc(C)c(OC)c3C)nc2n1.[Na]. The second kappa shape index (κ2) is 8.27. The Labute approximate surface area is 170 Å². The first-order valence-electron chi connectivity index (χ1n) is 7.31. The summed E-state index contributed by atoms with van der Waals surface area (Å²) in [6.07, 6.45) is 1.73. The van der Waals surface area contributed by atoms with E-state index in [1.165, 1.54) is 0 Å². The van der Waals surface area contributed by atoms with Crippen molar-refractivity contribution >= 4 is 51.5 Å². The van der Waals surface area contributed by atoms with Crippen molar-refractivity contribution in [3.63, 3.8) is 0 Å². The number of ether oxygens (including phenoxy) is 2. The summed E-state index contributed by atoms with van der Waals surface area (Å²) >= 11 is 0. The van der Waals surface area contributed by atoms with E-state index in [0.29, 0.717) is 22.2 Å². The van der Waals surface area contributed by atoms with Gasteiger partial charge >= 0.3 is 0 Å². The fourth-order valence-electron chi connectivity index (χ4n) is 2.48. The molecule has 0 saturated carbocycles. The molecule has 3 rings (SSSR count). The normalized spacial score (nSPS) is 11.8. The van der Waals surface area contributed by atoms with Crippen molar-refractivity contribution in [3.05, 3.63) is 35.2 Å². The van der Waals surface area contributed by atoms with E-state index in [0.717, 1.165) is 22.6 Å². The van der Waals surface area contributed by atoms with Crippen molar-refractivity contribution < 1.29 is 13.7 Å². The van der Waals surface area contributed by atoms with E-state index in [1.54, 1.807) is 32.5 Å². The molecule has 1 N–H and O–H groups in total. The number of imidazole rings is 1. The van der Waals surface area contributed by atoms with Gasteiger partial charge in [-0.2, -0.15) is 4.98 Å². The Morgan fingerprint density at radius 2 is 1.92 bits per heavy atom. The molecule has 127 valence electrons. The van der Waals surface area contributed by atoms with E-state index in [2.05, 4.69) is 19.9 Å². The minimum Gasteiger partial charge on any atom is -0.496 e. The van der Waals surface area contributed by atoms with Crippen LogP contribution in [-0.4, -0.2) is 67.9 Å². The number of hydrogen-bond donors (Lipinski definition) is 1. The number of aromatic nitrogens is 4. The molecule has 0 fully saturated rings. The van der Waals surface area contributed by atoms with Gasteiger partial charge in [-0.25, -0.2) is 4.98 Å².